The van der Waals surface area contributed by atoms with Crippen LogP contribution < -0.4 is 4.74 Å². The summed E-state index contributed by atoms with van der Waals surface area (Å²) in [4.78, 5) is 16.1. The zero-order valence-corrected chi connectivity index (χ0v) is 17.5. The highest BCUT2D eigenvalue weighted by Gasteiger charge is 2.22. The van der Waals surface area contributed by atoms with Crippen LogP contribution in [0.25, 0.3) is 10.9 Å². The van der Waals surface area contributed by atoms with Crippen molar-refractivity contribution < 1.29 is 9.53 Å². The maximum atomic E-state index is 13.0. The molecule has 2 aromatic heterocycles. The smallest absolute Gasteiger partial charge is 0.191 e. The van der Waals surface area contributed by atoms with Crippen LogP contribution in [0.3, 0.4) is 0 Å². The standard InChI is InChI=1S/C21H19ClN4O2S/c1-13(20(27)15-11-23-17-9-5-3-7-14(15)17)29-21-25-24-19(26(21)2)12-28-18-10-6-4-8-16(18)22/h3-11,13,23H,12H2,1-2H3. The Morgan fingerprint density at radius 3 is 2.79 bits per heavy atom. The minimum atomic E-state index is -0.311. The van der Waals surface area contributed by atoms with Crippen LogP contribution in [0.2, 0.25) is 5.02 Å². The van der Waals surface area contributed by atoms with E-state index in [-0.39, 0.29) is 17.6 Å². The predicted octanol–water partition coefficient (Wildman–Crippen LogP) is 4.89. The molecule has 0 saturated heterocycles. The van der Waals surface area contributed by atoms with Crippen molar-refractivity contribution >= 4 is 40.0 Å². The fourth-order valence-electron chi connectivity index (χ4n) is 2.98. The van der Waals surface area contributed by atoms with E-state index in [1.165, 1.54) is 11.8 Å². The number of aromatic nitrogens is 4. The van der Waals surface area contributed by atoms with Crippen LogP contribution >= 0.6 is 23.4 Å². The first-order valence-electron chi connectivity index (χ1n) is 9.07. The average Bonchev–Trinajstić information content (AvgIpc) is 3.31. The topological polar surface area (TPSA) is 72.8 Å². The number of ether oxygens (including phenoxy) is 1. The number of thioether (sulfide) groups is 1. The highest BCUT2D eigenvalue weighted by atomic mass is 35.5. The number of hydrogen-bond donors (Lipinski definition) is 1. The Kier molecular flexibility index (Phi) is 5.60. The van der Waals surface area contributed by atoms with Gasteiger partial charge in [0.1, 0.15) is 12.4 Å². The van der Waals surface area contributed by atoms with E-state index in [4.69, 9.17) is 16.3 Å². The van der Waals surface area contributed by atoms with Crippen molar-refractivity contribution in [2.45, 2.75) is 23.9 Å². The molecule has 0 amide bonds. The number of aromatic amines is 1. The summed E-state index contributed by atoms with van der Waals surface area (Å²) >= 11 is 7.49. The van der Waals surface area contributed by atoms with Crippen molar-refractivity contribution in [3.63, 3.8) is 0 Å². The van der Waals surface area contributed by atoms with E-state index in [1.54, 1.807) is 18.3 Å². The molecule has 1 N–H and O–H groups in total. The van der Waals surface area contributed by atoms with Gasteiger partial charge >= 0.3 is 0 Å². The van der Waals surface area contributed by atoms with E-state index < -0.39 is 0 Å². The molecule has 0 aliphatic rings. The summed E-state index contributed by atoms with van der Waals surface area (Å²) < 4.78 is 7.57. The number of carbonyl (C=O) groups is 1. The van der Waals surface area contributed by atoms with E-state index in [2.05, 4.69) is 15.2 Å². The molecule has 2 aromatic carbocycles. The molecule has 0 bridgehead atoms. The number of H-pyrrole nitrogens is 1. The third-order valence-electron chi connectivity index (χ3n) is 4.62. The van der Waals surface area contributed by atoms with Gasteiger partial charge in [0.25, 0.3) is 0 Å². The summed E-state index contributed by atoms with van der Waals surface area (Å²) in [5.41, 5.74) is 1.63. The highest BCUT2D eigenvalue weighted by Crippen LogP contribution is 2.28. The number of nitrogens with one attached hydrogen (secondary N) is 1. The molecule has 0 aliphatic heterocycles. The van der Waals surface area contributed by atoms with Gasteiger partial charge in [0.2, 0.25) is 0 Å². The number of para-hydroxylation sites is 2. The number of rotatable bonds is 7. The average molecular weight is 427 g/mol. The highest BCUT2D eigenvalue weighted by molar-refractivity contribution is 8.00. The molecule has 1 unspecified atom stereocenters. The zero-order chi connectivity index (χ0) is 20.4. The molecule has 0 saturated carbocycles. The Morgan fingerprint density at radius 2 is 1.97 bits per heavy atom. The molecular weight excluding hydrogens is 408 g/mol. The Labute approximate surface area is 177 Å². The van der Waals surface area contributed by atoms with Crippen LogP contribution in [-0.4, -0.2) is 30.8 Å². The molecule has 8 heteroatoms. The van der Waals surface area contributed by atoms with Crippen LogP contribution in [0.5, 0.6) is 5.75 Å². The van der Waals surface area contributed by atoms with Crippen molar-refractivity contribution in [1.29, 1.82) is 0 Å². The molecule has 1 atom stereocenters. The molecule has 4 aromatic rings. The third-order valence-corrected chi connectivity index (χ3v) is 6.07. The quantitative estimate of drug-likeness (QED) is 0.336. The number of halogens is 1. The molecule has 0 radical (unpaired) electrons. The van der Waals surface area contributed by atoms with E-state index in [0.29, 0.717) is 27.3 Å². The summed E-state index contributed by atoms with van der Waals surface area (Å²) in [6.45, 7) is 2.11. The molecule has 0 aliphatic carbocycles. The maximum Gasteiger partial charge on any atom is 0.191 e. The van der Waals surface area contributed by atoms with Gasteiger partial charge in [-0.1, -0.05) is 53.7 Å². The van der Waals surface area contributed by atoms with E-state index in [0.717, 1.165) is 10.9 Å². The number of ketones is 1. The normalized spacial score (nSPS) is 12.2. The first-order valence-corrected chi connectivity index (χ1v) is 10.3. The van der Waals surface area contributed by atoms with Gasteiger partial charge in [-0.2, -0.15) is 0 Å². The summed E-state index contributed by atoms with van der Waals surface area (Å²) in [6.07, 6.45) is 1.77. The number of Topliss-reactive ketones (excluding diaryl/α,β-unsaturated/α-hetero) is 1. The summed E-state index contributed by atoms with van der Waals surface area (Å²) in [6, 6.07) is 15.1. The van der Waals surface area contributed by atoms with Crippen LogP contribution in [0, 0.1) is 0 Å². The lowest BCUT2D eigenvalue weighted by atomic mass is 10.1. The fraction of sp³-hybridized carbons (Fsp3) is 0.190. The zero-order valence-electron chi connectivity index (χ0n) is 15.9. The van der Waals surface area contributed by atoms with Gasteiger partial charge < -0.3 is 14.3 Å². The van der Waals surface area contributed by atoms with Crippen LogP contribution in [0.15, 0.2) is 59.9 Å². The minimum Gasteiger partial charge on any atom is -0.484 e. The van der Waals surface area contributed by atoms with Gasteiger partial charge in [-0.05, 0) is 25.1 Å². The number of benzene rings is 2. The molecule has 4 rings (SSSR count). The largest absolute Gasteiger partial charge is 0.484 e. The van der Waals surface area contributed by atoms with Crippen LogP contribution in [0.1, 0.15) is 23.1 Å². The SMILES string of the molecule is CC(Sc1nnc(COc2ccccc2Cl)n1C)C(=O)c1c[nH]c2ccccc12. The van der Waals surface area contributed by atoms with Gasteiger partial charge in [-0.3, -0.25) is 4.79 Å². The van der Waals surface area contributed by atoms with Crippen LogP contribution in [-0.2, 0) is 13.7 Å². The second kappa shape index (κ2) is 8.31. The van der Waals surface area contributed by atoms with Gasteiger partial charge in [0.15, 0.2) is 16.8 Å². The Morgan fingerprint density at radius 1 is 1.21 bits per heavy atom. The number of hydrogen-bond acceptors (Lipinski definition) is 5. The number of fused-ring (bicyclic) bond motifs is 1. The van der Waals surface area contributed by atoms with Crippen molar-refractivity contribution in [2.24, 2.45) is 7.05 Å². The van der Waals surface area contributed by atoms with Gasteiger partial charge in [0.05, 0.1) is 10.3 Å². The van der Waals surface area contributed by atoms with E-state index in [9.17, 15) is 4.79 Å². The van der Waals surface area contributed by atoms with Crippen LogP contribution in [0.4, 0.5) is 0 Å². The van der Waals surface area contributed by atoms with Crippen molar-refractivity contribution in [3.05, 3.63) is 71.1 Å². The van der Waals surface area contributed by atoms with Crippen molar-refractivity contribution in [2.75, 3.05) is 0 Å². The van der Waals surface area contributed by atoms with Gasteiger partial charge in [-0.25, -0.2) is 0 Å². The predicted molar refractivity (Wildman–Crippen MR) is 115 cm³/mol. The van der Waals surface area contributed by atoms with Crippen molar-refractivity contribution in [3.8, 4) is 5.75 Å². The maximum absolute atomic E-state index is 13.0. The summed E-state index contributed by atoms with van der Waals surface area (Å²) in [7, 11) is 1.86. The molecule has 0 fully saturated rings. The van der Waals surface area contributed by atoms with E-state index in [1.807, 2.05) is 54.9 Å². The van der Waals surface area contributed by atoms with E-state index >= 15 is 0 Å². The lowest BCUT2D eigenvalue weighted by Gasteiger charge is -2.10. The second-order valence-electron chi connectivity index (χ2n) is 6.55. The monoisotopic (exact) mass is 426 g/mol. The molecule has 2 heterocycles. The second-order valence-corrected chi connectivity index (χ2v) is 8.26. The molecule has 29 heavy (non-hydrogen) atoms. The van der Waals surface area contributed by atoms with Crippen molar-refractivity contribution in [1.82, 2.24) is 19.7 Å². The third kappa shape index (κ3) is 4.02. The Hall–Kier alpha value is -2.77. The molecule has 148 valence electrons. The molecule has 6 nitrogen and oxygen atoms in total. The first-order chi connectivity index (χ1) is 14.0. The summed E-state index contributed by atoms with van der Waals surface area (Å²) in [5.74, 6) is 1.29. The minimum absolute atomic E-state index is 0.0457. The Bertz CT molecular complexity index is 1170. The number of carbonyl (C=O) groups excluding carboxylic acids is 1. The van der Waals surface area contributed by atoms with Gasteiger partial charge in [0, 0.05) is 29.7 Å². The Balaban J connectivity index is 1.45. The molecule has 0 spiro atoms. The lowest BCUT2D eigenvalue weighted by molar-refractivity contribution is 0.0995. The lowest BCUT2D eigenvalue weighted by Crippen LogP contribution is -2.14. The first kappa shape index (κ1) is 19.5. The number of nitrogens with zero attached hydrogens (tertiary/aromatic N) is 3. The molecular formula is C21H19ClN4O2S. The summed E-state index contributed by atoms with van der Waals surface area (Å²) in [5, 5.41) is 10.2. The fourth-order valence-corrected chi connectivity index (χ4v) is 4.08. The van der Waals surface area contributed by atoms with Gasteiger partial charge in [-0.15, -0.1) is 10.2 Å².